The first kappa shape index (κ1) is 13.8. The Morgan fingerprint density at radius 3 is 2.74 bits per heavy atom. The van der Waals surface area contributed by atoms with E-state index in [1.807, 2.05) is 20.8 Å². The van der Waals surface area contributed by atoms with Gasteiger partial charge in [0.15, 0.2) is 11.5 Å². The Hall–Kier alpha value is -1.63. The van der Waals surface area contributed by atoms with Crippen molar-refractivity contribution < 1.29 is 9.53 Å². The number of anilines is 1. The number of carbonyl (C=O) groups is 1. The summed E-state index contributed by atoms with van der Waals surface area (Å²) in [5, 5.41) is 0. The van der Waals surface area contributed by atoms with E-state index in [0.29, 0.717) is 11.5 Å². The smallest absolute Gasteiger partial charge is 0.415 e. The average molecular weight is 327 g/mol. The van der Waals surface area contributed by atoms with Gasteiger partial charge in [-0.15, -0.1) is 0 Å². The quantitative estimate of drug-likeness (QED) is 0.808. The van der Waals surface area contributed by atoms with Gasteiger partial charge in [0, 0.05) is 19.4 Å². The lowest BCUT2D eigenvalue weighted by Crippen LogP contribution is -2.34. The minimum absolute atomic E-state index is 0.447. The van der Waals surface area contributed by atoms with Crippen LogP contribution in [0.15, 0.2) is 23.2 Å². The van der Waals surface area contributed by atoms with Crippen LogP contribution < -0.4 is 4.90 Å². The summed E-state index contributed by atoms with van der Waals surface area (Å²) in [6.45, 7) is 5.45. The summed E-state index contributed by atoms with van der Waals surface area (Å²) in [5.74, 6) is 0.447. The molecular formula is C12H15BrN4O2. The standard InChI is InChI=1S/C12H15BrN4O2/c1-12(2,3)19-11(18)16(4)9-10-15-7-8(13)17(10)6-5-14-9/h5-7H,1-4H3. The van der Waals surface area contributed by atoms with Gasteiger partial charge in [-0.1, -0.05) is 0 Å². The zero-order chi connectivity index (χ0) is 14.2. The van der Waals surface area contributed by atoms with Gasteiger partial charge in [0.25, 0.3) is 0 Å². The molecular weight excluding hydrogens is 312 g/mol. The second kappa shape index (κ2) is 4.80. The van der Waals surface area contributed by atoms with Crippen molar-refractivity contribution in [3.63, 3.8) is 0 Å². The predicted octanol–water partition coefficient (Wildman–Crippen LogP) is 2.86. The molecule has 0 aromatic carbocycles. The number of aromatic nitrogens is 3. The molecule has 2 aromatic rings. The maximum absolute atomic E-state index is 12.0. The molecule has 0 N–H and O–H groups in total. The molecule has 0 atom stereocenters. The maximum Gasteiger partial charge on any atom is 0.415 e. The van der Waals surface area contributed by atoms with E-state index in [-0.39, 0.29) is 0 Å². The molecule has 2 aromatic heterocycles. The van der Waals surface area contributed by atoms with Gasteiger partial charge in [0.05, 0.1) is 6.20 Å². The minimum Gasteiger partial charge on any atom is -0.443 e. The van der Waals surface area contributed by atoms with Crippen LogP contribution in [0.2, 0.25) is 0 Å². The van der Waals surface area contributed by atoms with Gasteiger partial charge < -0.3 is 4.74 Å². The summed E-state index contributed by atoms with van der Waals surface area (Å²) in [6, 6.07) is 0. The van der Waals surface area contributed by atoms with Crippen LogP contribution in [0.3, 0.4) is 0 Å². The first-order valence-corrected chi connectivity index (χ1v) is 6.53. The Labute approximate surface area is 119 Å². The van der Waals surface area contributed by atoms with Gasteiger partial charge in [-0.2, -0.15) is 0 Å². The van der Waals surface area contributed by atoms with Crippen molar-refractivity contribution in [2.45, 2.75) is 26.4 Å². The average Bonchev–Trinajstić information content (AvgIpc) is 2.68. The van der Waals surface area contributed by atoms with Crippen molar-refractivity contribution >= 4 is 33.5 Å². The molecule has 0 saturated carbocycles. The third kappa shape index (κ3) is 2.86. The fraction of sp³-hybridized carbons (Fsp3) is 0.417. The van der Waals surface area contributed by atoms with Crippen molar-refractivity contribution in [2.24, 2.45) is 0 Å². The van der Waals surface area contributed by atoms with Crippen molar-refractivity contribution in [2.75, 3.05) is 11.9 Å². The van der Waals surface area contributed by atoms with E-state index in [1.54, 1.807) is 30.0 Å². The van der Waals surface area contributed by atoms with Gasteiger partial charge in [0.1, 0.15) is 10.2 Å². The van der Waals surface area contributed by atoms with Crippen LogP contribution in [-0.4, -0.2) is 33.1 Å². The van der Waals surface area contributed by atoms with Gasteiger partial charge >= 0.3 is 6.09 Å². The number of carbonyl (C=O) groups excluding carboxylic acids is 1. The van der Waals surface area contributed by atoms with Crippen LogP contribution in [0, 0.1) is 0 Å². The normalized spacial score (nSPS) is 11.6. The number of amides is 1. The number of halogens is 1. The van der Waals surface area contributed by atoms with Crippen LogP contribution in [0.4, 0.5) is 10.6 Å². The number of hydrogen-bond donors (Lipinski definition) is 0. The zero-order valence-electron chi connectivity index (χ0n) is 11.2. The second-order valence-corrected chi connectivity index (χ2v) is 5.88. The Bertz CT molecular complexity index is 618. The topological polar surface area (TPSA) is 59.7 Å². The van der Waals surface area contributed by atoms with E-state index in [9.17, 15) is 4.79 Å². The molecule has 19 heavy (non-hydrogen) atoms. The molecule has 0 aliphatic rings. The summed E-state index contributed by atoms with van der Waals surface area (Å²) in [7, 11) is 1.61. The largest absolute Gasteiger partial charge is 0.443 e. The predicted molar refractivity (Wildman–Crippen MR) is 75.3 cm³/mol. The minimum atomic E-state index is -0.549. The fourth-order valence-corrected chi connectivity index (χ4v) is 1.92. The molecule has 0 bridgehead atoms. The molecule has 102 valence electrons. The van der Waals surface area contributed by atoms with Crippen LogP contribution in [0.1, 0.15) is 20.8 Å². The van der Waals surface area contributed by atoms with E-state index in [4.69, 9.17) is 4.74 Å². The molecule has 7 heteroatoms. The number of fused-ring (bicyclic) bond motifs is 1. The van der Waals surface area contributed by atoms with Gasteiger partial charge in [-0.3, -0.25) is 9.30 Å². The molecule has 1 amide bonds. The highest BCUT2D eigenvalue weighted by molar-refractivity contribution is 9.10. The van der Waals surface area contributed by atoms with E-state index in [2.05, 4.69) is 25.9 Å². The van der Waals surface area contributed by atoms with Crippen molar-refractivity contribution in [1.82, 2.24) is 14.4 Å². The highest BCUT2D eigenvalue weighted by atomic mass is 79.9. The van der Waals surface area contributed by atoms with Gasteiger partial charge in [0.2, 0.25) is 0 Å². The summed E-state index contributed by atoms with van der Waals surface area (Å²) in [5.41, 5.74) is 0.0367. The van der Waals surface area contributed by atoms with Crippen LogP contribution in [0.5, 0.6) is 0 Å². The Morgan fingerprint density at radius 2 is 2.11 bits per heavy atom. The van der Waals surface area contributed by atoms with Gasteiger partial charge in [-0.25, -0.2) is 14.8 Å². The first-order valence-electron chi connectivity index (χ1n) is 5.74. The molecule has 2 rings (SSSR count). The Morgan fingerprint density at radius 1 is 1.42 bits per heavy atom. The van der Waals surface area contributed by atoms with Gasteiger partial charge in [-0.05, 0) is 36.7 Å². The lowest BCUT2D eigenvalue weighted by atomic mass is 10.2. The number of ether oxygens (including phenoxy) is 1. The van der Waals surface area contributed by atoms with Crippen LogP contribution in [0.25, 0.3) is 5.65 Å². The number of nitrogens with zero attached hydrogens (tertiary/aromatic N) is 4. The summed E-state index contributed by atoms with van der Waals surface area (Å²) < 4.78 is 7.90. The van der Waals surface area contributed by atoms with Crippen molar-refractivity contribution in [3.05, 3.63) is 23.2 Å². The number of hydrogen-bond acceptors (Lipinski definition) is 4. The molecule has 0 spiro atoms. The summed E-state index contributed by atoms with van der Waals surface area (Å²) in [6.07, 6.45) is 4.56. The Balaban J connectivity index is 2.36. The number of rotatable bonds is 1. The van der Waals surface area contributed by atoms with Crippen LogP contribution in [-0.2, 0) is 4.74 Å². The SMILES string of the molecule is CN(C(=O)OC(C)(C)C)c1nccn2c(Br)cnc12. The lowest BCUT2D eigenvalue weighted by Gasteiger charge is -2.24. The molecule has 0 fully saturated rings. The molecule has 0 saturated heterocycles. The van der Waals surface area contributed by atoms with Crippen LogP contribution >= 0.6 is 15.9 Å². The number of imidazole rings is 1. The molecule has 2 heterocycles. The summed E-state index contributed by atoms with van der Waals surface area (Å²) >= 11 is 3.37. The highest BCUT2D eigenvalue weighted by Gasteiger charge is 2.23. The van der Waals surface area contributed by atoms with E-state index in [0.717, 1.165) is 4.60 Å². The monoisotopic (exact) mass is 326 g/mol. The van der Waals surface area contributed by atoms with Crippen molar-refractivity contribution in [1.29, 1.82) is 0 Å². The molecule has 0 radical (unpaired) electrons. The van der Waals surface area contributed by atoms with Crippen molar-refractivity contribution in [3.8, 4) is 0 Å². The fourth-order valence-electron chi connectivity index (χ4n) is 1.53. The first-order chi connectivity index (χ1) is 8.79. The molecule has 6 nitrogen and oxygen atoms in total. The Kier molecular flexibility index (Phi) is 3.49. The second-order valence-electron chi connectivity index (χ2n) is 5.06. The van der Waals surface area contributed by atoms with E-state index >= 15 is 0 Å². The summed E-state index contributed by atoms with van der Waals surface area (Å²) in [4.78, 5) is 21.8. The third-order valence-electron chi connectivity index (χ3n) is 2.35. The molecule has 0 aliphatic carbocycles. The molecule has 0 aliphatic heterocycles. The highest BCUT2D eigenvalue weighted by Crippen LogP contribution is 2.21. The van der Waals surface area contributed by atoms with E-state index < -0.39 is 11.7 Å². The molecule has 0 unspecified atom stereocenters. The zero-order valence-corrected chi connectivity index (χ0v) is 12.8. The lowest BCUT2D eigenvalue weighted by molar-refractivity contribution is 0.0588. The third-order valence-corrected chi connectivity index (χ3v) is 2.94. The maximum atomic E-state index is 12.0. The van der Waals surface area contributed by atoms with E-state index in [1.165, 1.54) is 4.90 Å².